The summed E-state index contributed by atoms with van der Waals surface area (Å²) in [4.78, 5) is 18.8. The van der Waals surface area contributed by atoms with Gasteiger partial charge < -0.3 is 19.8 Å². The van der Waals surface area contributed by atoms with E-state index in [1.54, 1.807) is 18.8 Å². The molecule has 0 saturated carbocycles. The molecule has 1 aromatic carbocycles. The zero-order valence-corrected chi connectivity index (χ0v) is 14.1. The van der Waals surface area contributed by atoms with Crippen LogP contribution < -0.4 is 16.0 Å². The molecule has 0 radical (unpaired) electrons. The van der Waals surface area contributed by atoms with E-state index >= 15 is 0 Å². The highest BCUT2D eigenvalue weighted by Gasteiger charge is 2.26. The maximum Gasteiger partial charge on any atom is 0.269 e. The van der Waals surface area contributed by atoms with Crippen LogP contribution in [0.25, 0.3) is 11.0 Å². The smallest absolute Gasteiger partial charge is 0.269 e. The number of nitrogens with zero attached hydrogens (tertiary/aromatic N) is 3. The molecule has 2 aromatic rings. The van der Waals surface area contributed by atoms with E-state index in [-0.39, 0.29) is 17.7 Å². The lowest BCUT2D eigenvalue weighted by Gasteiger charge is -2.36. The Hall–Kier alpha value is -1.96. The molecule has 1 aliphatic rings. The van der Waals surface area contributed by atoms with Crippen molar-refractivity contribution in [1.82, 2.24) is 14.5 Å². The Morgan fingerprint density at radius 1 is 1.33 bits per heavy atom. The number of ether oxygens (including phenoxy) is 2. The largest absolute Gasteiger partial charge is 0.497 e. The second-order valence-corrected chi connectivity index (χ2v) is 6.13. The number of hydrogen-bond donors (Lipinski definition) is 1. The van der Waals surface area contributed by atoms with Crippen molar-refractivity contribution in [3.63, 3.8) is 0 Å². The maximum atomic E-state index is 12.3. The fraction of sp³-hybridized carbons (Fsp3) is 0.529. The highest BCUT2D eigenvalue weighted by atomic mass is 16.5. The number of fused-ring (bicyclic) bond motifs is 1. The van der Waals surface area contributed by atoms with Crippen molar-refractivity contribution in [3.8, 4) is 5.75 Å². The first-order valence-electron chi connectivity index (χ1n) is 8.16. The Morgan fingerprint density at radius 2 is 2.17 bits per heavy atom. The van der Waals surface area contributed by atoms with Gasteiger partial charge in [0.25, 0.3) is 5.56 Å². The summed E-state index contributed by atoms with van der Waals surface area (Å²) in [5, 5.41) is 0. The summed E-state index contributed by atoms with van der Waals surface area (Å²) >= 11 is 0. The van der Waals surface area contributed by atoms with Crippen LogP contribution in [0, 0.1) is 0 Å². The molecule has 0 bridgehead atoms. The molecule has 0 amide bonds. The van der Waals surface area contributed by atoms with Crippen LogP contribution >= 0.6 is 0 Å². The van der Waals surface area contributed by atoms with E-state index in [2.05, 4.69) is 9.88 Å². The molecule has 2 atom stereocenters. The standard InChI is InChI=1S/C17H24N4O3/c1-23-12-3-4-14-15(9-12)21(17(22)10-19-14)8-7-20-6-5-13(18)16(11-20)24-2/h3-4,9-10,13,16H,5-8,11,18H2,1-2H3/t13-,16-/m0/s1. The van der Waals surface area contributed by atoms with Gasteiger partial charge in [-0.2, -0.15) is 0 Å². The summed E-state index contributed by atoms with van der Waals surface area (Å²) in [6, 6.07) is 5.65. The number of nitrogens with two attached hydrogens (primary N) is 1. The number of aromatic nitrogens is 2. The van der Waals surface area contributed by atoms with Gasteiger partial charge in [-0.1, -0.05) is 0 Å². The van der Waals surface area contributed by atoms with Crippen LogP contribution in [0.3, 0.4) is 0 Å². The average Bonchev–Trinajstić information content (AvgIpc) is 2.61. The lowest BCUT2D eigenvalue weighted by Crippen LogP contribution is -2.52. The van der Waals surface area contributed by atoms with Crippen molar-refractivity contribution in [1.29, 1.82) is 0 Å². The lowest BCUT2D eigenvalue weighted by molar-refractivity contribution is 0.0158. The monoisotopic (exact) mass is 332 g/mol. The SMILES string of the molecule is COc1ccc2ncc(=O)n(CCN3CC[C@H](N)[C@@H](OC)C3)c2c1. The number of methoxy groups -OCH3 is 2. The Bertz CT molecular complexity index is 761. The Balaban J connectivity index is 1.79. The van der Waals surface area contributed by atoms with Gasteiger partial charge in [-0.25, -0.2) is 4.98 Å². The fourth-order valence-electron chi connectivity index (χ4n) is 3.19. The van der Waals surface area contributed by atoms with Crippen LogP contribution in [0.5, 0.6) is 5.75 Å². The van der Waals surface area contributed by atoms with Crippen molar-refractivity contribution >= 4 is 11.0 Å². The second-order valence-electron chi connectivity index (χ2n) is 6.13. The van der Waals surface area contributed by atoms with E-state index in [1.165, 1.54) is 6.20 Å². The zero-order chi connectivity index (χ0) is 17.1. The molecule has 130 valence electrons. The van der Waals surface area contributed by atoms with Crippen molar-refractivity contribution in [2.45, 2.75) is 25.1 Å². The number of likely N-dealkylation sites (tertiary alicyclic amines) is 1. The second kappa shape index (κ2) is 7.29. The summed E-state index contributed by atoms with van der Waals surface area (Å²) in [6.07, 6.45) is 2.32. The van der Waals surface area contributed by atoms with Gasteiger partial charge in [0.1, 0.15) is 5.75 Å². The van der Waals surface area contributed by atoms with Crippen molar-refractivity contribution in [3.05, 3.63) is 34.7 Å². The van der Waals surface area contributed by atoms with Crippen LogP contribution in [0.15, 0.2) is 29.2 Å². The van der Waals surface area contributed by atoms with E-state index < -0.39 is 0 Å². The van der Waals surface area contributed by atoms with E-state index in [4.69, 9.17) is 15.2 Å². The summed E-state index contributed by atoms with van der Waals surface area (Å²) in [7, 11) is 3.31. The molecule has 3 rings (SSSR count). The minimum absolute atomic E-state index is 0.0461. The highest BCUT2D eigenvalue weighted by Crippen LogP contribution is 2.18. The first kappa shape index (κ1) is 16.9. The Morgan fingerprint density at radius 3 is 2.92 bits per heavy atom. The molecule has 2 N–H and O–H groups in total. The number of hydrogen-bond acceptors (Lipinski definition) is 6. The molecule has 0 spiro atoms. The first-order valence-corrected chi connectivity index (χ1v) is 8.16. The van der Waals surface area contributed by atoms with Gasteiger partial charge in [0.05, 0.1) is 30.4 Å². The molecule has 7 nitrogen and oxygen atoms in total. The minimum atomic E-state index is -0.104. The van der Waals surface area contributed by atoms with Gasteiger partial charge in [-0.15, -0.1) is 0 Å². The topological polar surface area (TPSA) is 82.6 Å². The van der Waals surface area contributed by atoms with Gasteiger partial charge in [0, 0.05) is 38.9 Å². The molecular formula is C17H24N4O3. The average molecular weight is 332 g/mol. The summed E-state index contributed by atoms with van der Waals surface area (Å²) in [5.41, 5.74) is 7.53. The third kappa shape index (κ3) is 3.43. The lowest BCUT2D eigenvalue weighted by atomic mass is 10.0. The van der Waals surface area contributed by atoms with E-state index in [1.807, 2.05) is 18.2 Å². The first-order chi connectivity index (χ1) is 11.6. The van der Waals surface area contributed by atoms with Crippen LogP contribution in [0.4, 0.5) is 0 Å². The molecule has 0 aliphatic carbocycles. The fourth-order valence-corrected chi connectivity index (χ4v) is 3.19. The third-order valence-corrected chi connectivity index (χ3v) is 4.69. The van der Waals surface area contributed by atoms with Gasteiger partial charge in [-0.05, 0) is 25.1 Å². The maximum absolute atomic E-state index is 12.3. The molecule has 1 fully saturated rings. The van der Waals surface area contributed by atoms with Crippen LogP contribution in [-0.2, 0) is 11.3 Å². The predicted molar refractivity (Wildman–Crippen MR) is 92.4 cm³/mol. The van der Waals surface area contributed by atoms with Gasteiger partial charge in [0.15, 0.2) is 0 Å². The van der Waals surface area contributed by atoms with Crippen molar-refractivity contribution in [2.24, 2.45) is 5.73 Å². The van der Waals surface area contributed by atoms with Crippen LogP contribution in [0.1, 0.15) is 6.42 Å². The Kier molecular flexibility index (Phi) is 5.13. The molecule has 1 aliphatic heterocycles. The third-order valence-electron chi connectivity index (χ3n) is 4.69. The van der Waals surface area contributed by atoms with E-state index in [9.17, 15) is 4.79 Å². The van der Waals surface area contributed by atoms with E-state index in [0.717, 1.165) is 37.1 Å². The van der Waals surface area contributed by atoms with Gasteiger partial charge >= 0.3 is 0 Å². The summed E-state index contributed by atoms with van der Waals surface area (Å²) in [6.45, 7) is 3.07. The van der Waals surface area contributed by atoms with E-state index in [0.29, 0.717) is 12.3 Å². The molecular weight excluding hydrogens is 308 g/mol. The highest BCUT2D eigenvalue weighted by molar-refractivity contribution is 5.76. The number of piperidine rings is 1. The van der Waals surface area contributed by atoms with Gasteiger partial charge in [-0.3, -0.25) is 9.69 Å². The molecule has 24 heavy (non-hydrogen) atoms. The molecule has 1 aromatic heterocycles. The van der Waals surface area contributed by atoms with Crippen molar-refractivity contribution in [2.75, 3.05) is 33.9 Å². The predicted octanol–water partition coefficient (Wildman–Crippen LogP) is 0.453. The van der Waals surface area contributed by atoms with Crippen LogP contribution in [0.2, 0.25) is 0 Å². The molecule has 0 unspecified atom stereocenters. The quantitative estimate of drug-likeness (QED) is 0.856. The van der Waals surface area contributed by atoms with Gasteiger partial charge in [0.2, 0.25) is 0 Å². The summed E-state index contributed by atoms with van der Waals surface area (Å²) < 4.78 is 12.5. The number of benzene rings is 1. The van der Waals surface area contributed by atoms with Crippen molar-refractivity contribution < 1.29 is 9.47 Å². The molecule has 7 heteroatoms. The molecule has 2 heterocycles. The molecule has 1 saturated heterocycles. The Labute approximate surface area is 141 Å². The number of rotatable bonds is 5. The summed E-state index contributed by atoms with van der Waals surface area (Å²) in [5.74, 6) is 0.715. The normalized spacial score (nSPS) is 22.0. The van der Waals surface area contributed by atoms with Crippen LogP contribution in [-0.4, -0.2) is 60.5 Å². The zero-order valence-electron chi connectivity index (χ0n) is 14.1. The minimum Gasteiger partial charge on any atom is -0.497 e.